The molecule has 0 aliphatic heterocycles. The third kappa shape index (κ3) is 1.94. The van der Waals surface area contributed by atoms with Crippen LogP contribution in [-0.2, 0) is 4.79 Å². The zero-order chi connectivity index (χ0) is 7.44. The zero-order valence-electron chi connectivity index (χ0n) is 5.01. The molecule has 0 saturated heterocycles. The first kappa shape index (κ1) is 7.68. The van der Waals surface area contributed by atoms with E-state index in [0.29, 0.717) is 0 Å². The Morgan fingerprint density at radius 3 is 2.33 bits per heavy atom. The average Bonchev–Trinajstić information content (AvgIpc) is 1.84. The Hall–Kier alpha value is -1.32. The van der Waals surface area contributed by atoms with Gasteiger partial charge in [0.1, 0.15) is 5.70 Å². The number of nitrogens with two attached hydrogens (primary N) is 1. The minimum atomic E-state index is -1.18. The van der Waals surface area contributed by atoms with Crippen molar-refractivity contribution in [1.29, 1.82) is 5.41 Å². The van der Waals surface area contributed by atoms with Gasteiger partial charge in [0, 0.05) is 6.21 Å². The van der Waals surface area contributed by atoms with Gasteiger partial charge in [-0.15, -0.1) is 0 Å². The van der Waals surface area contributed by atoms with Crippen LogP contribution in [0.1, 0.15) is 6.92 Å². The SMILES string of the molecule is C/C(C=N)=C(/N)C(=O)O. The summed E-state index contributed by atoms with van der Waals surface area (Å²) in [7, 11) is 0. The van der Waals surface area contributed by atoms with Crippen LogP contribution >= 0.6 is 0 Å². The fourth-order valence-corrected chi connectivity index (χ4v) is 0.246. The summed E-state index contributed by atoms with van der Waals surface area (Å²) in [6.07, 6.45) is 0.906. The highest BCUT2D eigenvalue weighted by molar-refractivity contribution is 5.93. The van der Waals surface area contributed by atoms with Crippen molar-refractivity contribution in [2.45, 2.75) is 6.92 Å². The third-order valence-electron chi connectivity index (χ3n) is 0.872. The molecule has 0 amide bonds. The average molecular weight is 128 g/mol. The molecule has 0 aromatic carbocycles. The van der Waals surface area contributed by atoms with Crippen molar-refractivity contribution >= 4 is 12.2 Å². The zero-order valence-corrected chi connectivity index (χ0v) is 5.01. The Morgan fingerprint density at radius 2 is 2.22 bits per heavy atom. The van der Waals surface area contributed by atoms with Gasteiger partial charge in [-0.1, -0.05) is 0 Å². The van der Waals surface area contributed by atoms with Gasteiger partial charge < -0.3 is 16.2 Å². The summed E-state index contributed by atoms with van der Waals surface area (Å²) in [6.45, 7) is 1.47. The lowest BCUT2D eigenvalue weighted by Gasteiger charge is -1.93. The van der Waals surface area contributed by atoms with Gasteiger partial charge in [0.05, 0.1) is 0 Å². The van der Waals surface area contributed by atoms with E-state index in [4.69, 9.17) is 16.2 Å². The van der Waals surface area contributed by atoms with Crippen LogP contribution < -0.4 is 5.73 Å². The van der Waals surface area contributed by atoms with E-state index in [1.54, 1.807) is 0 Å². The molecule has 9 heavy (non-hydrogen) atoms. The first-order valence-corrected chi connectivity index (χ1v) is 2.29. The number of carboxylic acids is 1. The molecule has 0 rings (SSSR count). The fourth-order valence-electron chi connectivity index (χ4n) is 0.246. The first-order chi connectivity index (χ1) is 4.09. The molecular weight excluding hydrogens is 120 g/mol. The molecule has 4 nitrogen and oxygen atoms in total. The molecule has 0 spiro atoms. The molecule has 0 saturated carbocycles. The predicted octanol–water partition coefficient (Wildman–Crippen LogP) is -0.0467. The topological polar surface area (TPSA) is 87.2 Å². The number of hydrogen-bond acceptors (Lipinski definition) is 3. The van der Waals surface area contributed by atoms with E-state index in [2.05, 4.69) is 0 Å². The van der Waals surface area contributed by atoms with Gasteiger partial charge >= 0.3 is 5.97 Å². The molecule has 0 aromatic heterocycles. The highest BCUT2D eigenvalue weighted by Crippen LogP contribution is 1.92. The van der Waals surface area contributed by atoms with Crippen LogP contribution in [0.3, 0.4) is 0 Å². The van der Waals surface area contributed by atoms with Gasteiger partial charge in [0.15, 0.2) is 0 Å². The summed E-state index contributed by atoms with van der Waals surface area (Å²) < 4.78 is 0. The number of hydrogen-bond donors (Lipinski definition) is 3. The molecule has 0 atom stereocenters. The number of carboxylic acid groups (broad SMARTS) is 1. The Labute approximate surface area is 52.5 Å². The maximum Gasteiger partial charge on any atom is 0.352 e. The number of rotatable bonds is 2. The van der Waals surface area contributed by atoms with Crippen molar-refractivity contribution in [2.75, 3.05) is 0 Å². The number of allylic oxidation sites excluding steroid dienone is 1. The Bertz CT molecular complexity index is 172. The molecule has 0 aromatic rings. The van der Waals surface area contributed by atoms with Crippen molar-refractivity contribution in [3.8, 4) is 0 Å². The molecular formula is C5H8N2O2. The predicted molar refractivity (Wildman–Crippen MR) is 33.3 cm³/mol. The van der Waals surface area contributed by atoms with Gasteiger partial charge in [-0.3, -0.25) is 0 Å². The summed E-state index contributed by atoms with van der Waals surface area (Å²) in [5.41, 5.74) is 4.99. The highest BCUT2D eigenvalue weighted by atomic mass is 16.4. The van der Waals surface area contributed by atoms with Crippen LogP contribution in [0.5, 0.6) is 0 Å². The summed E-state index contributed by atoms with van der Waals surface area (Å²) in [5, 5.41) is 14.8. The highest BCUT2D eigenvalue weighted by Gasteiger charge is 2.02. The van der Waals surface area contributed by atoms with E-state index in [9.17, 15) is 4.79 Å². The monoisotopic (exact) mass is 128 g/mol. The lowest BCUT2D eigenvalue weighted by atomic mass is 10.2. The lowest BCUT2D eigenvalue weighted by molar-refractivity contribution is -0.132. The van der Waals surface area contributed by atoms with Crippen molar-refractivity contribution in [3.05, 3.63) is 11.3 Å². The van der Waals surface area contributed by atoms with Gasteiger partial charge in [-0.25, -0.2) is 4.79 Å². The Balaban J connectivity index is 4.47. The summed E-state index contributed by atoms with van der Waals surface area (Å²) in [6, 6.07) is 0. The van der Waals surface area contributed by atoms with Gasteiger partial charge in [-0.05, 0) is 12.5 Å². The number of carbonyl (C=O) groups is 1. The number of nitrogens with one attached hydrogen (secondary N) is 1. The normalized spacial score (nSPS) is 12.1. The second-order valence-electron chi connectivity index (χ2n) is 1.55. The third-order valence-corrected chi connectivity index (χ3v) is 0.872. The number of aliphatic carboxylic acids is 1. The van der Waals surface area contributed by atoms with Gasteiger partial charge in [0.2, 0.25) is 0 Å². The fraction of sp³-hybridized carbons (Fsp3) is 0.200. The molecule has 0 radical (unpaired) electrons. The summed E-state index contributed by atoms with van der Waals surface area (Å²) in [5.74, 6) is -1.18. The van der Waals surface area contributed by atoms with E-state index in [1.165, 1.54) is 6.92 Å². The van der Waals surface area contributed by atoms with E-state index in [0.717, 1.165) is 6.21 Å². The van der Waals surface area contributed by atoms with Crippen LogP contribution in [0.15, 0.2) is 11.3 Å². The molecule has 0 unspecified atom stereocenters. The summed E-state index contributed by atoms with van der Waals surface area (Å²) in [4.78, 5) is 10.0. The standard InChI is InChI=1S/C5H8N2O2/c1-3(2-6)4(7)5(8)9/h2,6H,7H2,1H3,(H,8,9)/b4-3-,6-2?. The van der Waals surface area contributed by atoms with Gasteiger partial charge in [0.25, 0.3) is 0 Å². The largest absolute Gasteiger partial charge is 0.477 e. The second-order valence-corrected chi connectivity index (χ2v) is 1.55. The van der Waals surface area contributed by atoms with Crippen LogP contribution in [0, 0.1) is 5.41 Å². The van der Waals surface area contributed by atoms with Crippen LogP contribution in [0.4, 0.5) is 0 Å². The smallest absolute Gasteiger partial charge is 0.352 e. The van der Waals surface area contributed by atoms with Crippen LogP contribution in [0.25, 0.3) is 0 Å². The maximum absolute atomic E-state index is 10.0. The molecule has 0 heterocycles. The Kier molecular flexibility index (Phi) is 2.44. The molecule has 0 aliphatic rings. The molecule has 0 aliphatic carbocycles. The Morgan fingerprint density at radius 1 is 1.78 bits per heavy atom. The van der Waals surface area contributed by atoms with Crippen molar-refractivity contribution in [3.63, 3.8) is 0 Å². The van der Waals surface area contributed by atoms with E-state index < -0.39 is 5.97 Å². The molecule has 0 bridgehead atoms. The van der Waals surface area contributed by atoms with Crippen molar-refractivity contribution in [1.82, 2.24) is 0 Å². The second kappa shape index (κ2) is 2.86. The quantitative estimate of drug-likeness (QED) is 0.360. The molecule has 4 heteroatoms. The van der Waals surface area contributed by atoms with Crippen molar-refractivity contribution < 1.29 is 9.90 Å². The molecule has 50 valence electrons. The maximum atomic E-state index is 10.0. The molecule has 4 N–H and O–H groups in total. The lowest BCUT2D eigenvalue weighted by Crippen LogP contribution is -2.12. The first-order valence-electron chi connectivity index (χ1n) is 2.29. The van der Waals surface area contributed by atoms with Crippen molar-refractivity contribution in [2.24, 2.45) is 5.73 Å². The van der Waals surface area contributed by atoms with Crippen LogP contribution in [-0.4, -0.2) is 17.3 Å². The van der Waals surface area contributed by atoms with E-state index in [1.807, 2.05) is 0 Å². The minimum Gasteiger partial charge on any atom is -0.477 e. The van der Waals surface area contributed by atoms with E-state index in [-0.39, 0.29) is 11.3 Å². The van der Waals surface area contributed by atoms with Crippen LogP contribution in [0.2, 0.25) is 0 Å². The van der Waals surface area contributed by atoms with Gasteiger partial charge in [-0.2, -0.15) is 0 Å². The molecule has 0 fully saturated rings. The van der Waals surface area contributed by atoms with E-state index >= 15 is 0 Å². The minimum absolute atomic E-state index is 0.266. The summed E-state index contributed by atoms with van der Waals surface area (Å²) >= 11 is 0.